The van der Waals surface area contributed by atoms with Crippen molar-refractivity contribution >= 4 is 0 Å². The smallest absolute Gasteiger partial charge is 0.0615 e. The molecule has 1 unspecified atom stereocenters. The molecule has 0 amide bonds. The normalized spacial score (nSPS) is 16.2. The highest BCUT2D eigenvalue weighted by atomic mass is 16.5. The second-order valence-corrected chi connectivity index (χ2v) is 4.93. The van der Waals surface area contributed by atoms with Crippen LogP contribution in [-0.4, -0.2) is 31.7 Å². The molecule has 1 aliphatic heterocycles. The number of fused-ring (bicyclic) bond motifs is 1. The molecule has 94 valence electrons. The van der Waals surface area contributed by atoms with Crippen molar-refractivity contribution in [1.82, 2.24) is 10.2 Å². The Balaban J connectivity index is 1.99. The number of nitrogens with zero attached hydrogens (tertiary/aromatic N) is 1. The lowest BCUT2D eigenvalue weighted by Crippen LogP contribution is -2.32. The van der Waals surface area contributed by atoms with Gasteiger partial charge in [0.25, 0.3) is 0 Å². The summed E-state index contributed by atoms with van der Waals surface area (Å²) in [6.45, 7) is 5.99. The third-order valence-corrected chi connectivity index (χ3v) is 3.49. The van der Waals surface area contributed by atoms with Crippen LogP contribution < -0.4 is 5.32 Å². The van der Waals surface area contributed by atoms with Crippen molar-refractivity contribution in [3.8, 4) is 0 Å². The average Bonchev–Trinajstić information content (AvgIpc) is 2.76. The van der Waals surface area contributed by atoms with Gasteiger partial charge in [-0.05, 0) is 30.7 Å². The van der Waals surface area contributed by atoms with Crippen LogP contribution in [0.15, 0.2) is 18.2 Å². The molecule has 17 heavy (non-hydrogen) atoms. The summed E-state index contributed by atoms with van der Waals surface area (Å²) in [4.78, 5) is 2.33. The van der Waals surface area contributed by atoms with E-state index in [0.29, 0.717) is 6.04 Å². The molecule has 1 atom stereocenters. The summed E-state index contributed by atoms with van der Waals surface area (Å²) < 4.78 is 5.18. The topological polar surface area (TPSA) is 24.5 Å². The lowest BCUT2D eigenvalue weighted by atomic mass is 10.1. The van der Waals surface area contributed by atoms with Crippen molar-refractivity contribution in [2.24, 2.45) is 0 Å². The van der Waals surface area contributed by atoms with E-state index in [9.17, 15) is 0 Å². The molecule has 0 aliphatic carbocycles. The van der Waals surface area contributed by atoms with Gasteiger partial charge in [0.05, 0.1) is 6.61 Å². The van der Waals surface area contributed by atoms with E-state index in [-0.39, 0.29) is 0 Å². The molecule has 3 heteroatoms. The molecule has 0 saturated carbocycles. The van der Waals surface area contributed by atoms with E-state index >= 15 is 0 Å². The molecule has 3 nitrogen and oxygen atoms in total. The zero-order valence-corrected chi connectivity index (χ0v) is 11.0. The molecule has 1 aliphatic rings. The first-order valence-electron chi connectivity index (χ1n) is 6.21. The second kappa shape index (κ2) is 5.63. The fourth-order valence-electron chi connectivity index (χ4n) is 2.26. The third-order valence-electron chi connectivity index (χ3n) is 3.49. The number of rotatable bonds is 5. The highest BCUT2D eigenvalue weighted by molar-refractivity contribution is 5.34. The summed E-state index contributed by atoms with van der Waals surface area (Å²) in [6.07, 6.45) is 0. The van der Waals surface area contributed by atoms with Crippen LogP contribution in [0.3, 0.4) is 0 Å². The fourth-order valence-corrected chi connectivity index (χ4v) is 2.26. The molecule has 0 aromatic heterocycles. The summed E-state index contributed by atoms with van der Waals surface area (Å²) in [6, 6.07) is 7.26. The van der Waals surface area contributed by atoms with Crippen molar-refractivity contribution in [2.45, 2.75) is 32.6 Å². The molecule has 0 spiro atoms. The second-order valence-electron chi connectivity index (χ2n) is 4.93. The highest BCUT2D eigenvalue weighted by Crippen LogP contribution is 2.18. The Kier molecular flexibility index (Phi) is 4.15. The lowest BCUT2D eigenvalue weighted by molar-refractivity contribution is 0.112. The number of hydrogen-bond acceptors (Lipinski definition) is 3. The Labute approximate surface area is 104 Å². The van der Waals surface area contributed by atoms with E-state index in [2.05, 4.69) is 42.4 Å². The SMILES string of the molecule is COCC(C)N(C)Cc1ccc2c(c1)CNC2. The van der Waals surface area contributed by atoms with Crippen molar-refractivity contribution in [2.75, 3.05) is 20.8 Å². The number of ether oxygens (including phenoxy) is 1. The maximum Gasteiger partial charge on any atom is 0.0615 e. The molecule has 1 aromatic rings. The summed E-state index contributed by atoms with van der Waals surface area (Å²) >= 11 is 0. The van der Waals surface area contributed by atoms with Crippen LogP contribution >= 0.6 is 0 Å². The molecule has 1 N–H and O–H groups in total. The maximum atomic E-state index is 5.18. The Morgan fingerprint density at radius 2 is 2.12 bits per heavy atom. The van der Waals surface area contributed by atoms with E-state index in [0.717, 1.165) is 26.2 Å². The van der Waals surface area contributed by atoms with Crippen LogP contribution in [0.5, 0.6) is 0 Å². The van der Waals surface area contributed by atoms with Crippen molar-refractivity contribution < 1.29 is 4.74 Å². The van der Waals surface area contributed by atoms with Crippen molar-refractivity contribution in [1.29, 1.82) is 0 Å². The maximum absolute atomic E-state index is 5.18. The Hall–Kier alpha value is -0.900. The first-order valence-corrected chi connectivity index (χ1v) is 6.21. The van der Waals surface area contributed by atoms with Crippen LogP contribution in [0.2, 0.25) is 0 Å². The van der Waals surface area contributed by atoms with Crippen LogP contribution in [0.1, 0.15) is 23.6 Å². The number of likely N-dealkylation sites (N-methyl/N-ethyl adjacent to an activating group) is 1. The van der Waals surface area contributed by atoms with E-state index in [1.165, 1.54) is 16.7 Å². The molecule has 0 radical (unpaired) electrons. The Morgan fingerprint density at radius 1 is 1.35 bits per heavy atom. The highest BCUT2D eigenvalue weighted by Gasteiger charge is 2.13. The third kappa shape index (κ3) is 3.06. The van der Waals surface area contributed by atoms with Gasteiger partial charge in [-0.1, -0.05) is 18.2 Å². The fraction of sp³-hybridized carbons (Fsp3) is 0.571. The largest absolute Gasteiger partial charge is 0.383 e. The summed E-state index contributed by atoms with van der Waals surface area (Å²) in [5.74, 6) is 0. The van der Waals surface area contributed by atoms with Gasteiger partial charge < -0.3 is 10.1 Å². The summed E-state index contributed by atoms with van der Waals surface area (Å²) in [5, 5.41) is 3.38. The molecular formula is C14H22N2O. The van der Waals surface area contributed by atoms with Crippen LogP contribution in [0.25, 0.3) is 0 Å². The molecule has 0 saturated heterocycles. The minimum absolute atomic E-state index is 0.450. The van der Waals surface area contributed by atoms with Gasteiger partial charge in [-0.25, -0.2) is 0 Å². The van der Waals surface area contributed by atoms with Gasteiger partial charge in [-0.3, -0.25) is 4.90 Å². The lowest BCUT2D eigenvalue weighted by Gasteiger charge is -2.24. The minimum Gasteiger partial charge on any atom is -0.383 e. The minimum atomic E-state index is 0.450. The number of methoxy groups -OCH3 is 1. The van der Waals surface area contributed by atoms with Crippen LogP contribution in [0.4, 0.5) is 0 Å². The molecule has 2 rings (SSSR count). The van der Waals surface area contributed by atoms with Gasteiger partial charge in [0.15, 0.2) is 0 Å². The number of benzene rings is 1. The summed E-state index contributed by atoms with van der Waals surface area (Å²) in [5.41, 5.74) is 4.29. The van der Waals surface area contributed by atoms with Gasteiger partial charge in [-0.2, -0.15) is 0 Å². The molecule has 1 aromatic carbocycles. The monoisotopic (exact) mass is 234 g/mol. The summed E-state index contributed by atoms with van der Waals surface area (Å²) in [7, 11) is 3.90. The first-order chi connectivity index (χ1) is 8.20. The average molecular weight is 234 g/mol. The quantitative estimate of drug-likeness (QED) is 0.840. The molecule has 0 bridgehead atoms. The van der Waals surface area contributed by atoms with Gasteiger partial charge in [0.2, 0.25) is 0 Å². The number of hydrogen-bond donors (Lipinski definition) is 1. The zero-order valence-electron chi connectivity index (χ0n) is 11.0. The van der Waals surface area contributed by atoms with Gasteiger partial charge in [-0.15, -0.1) is 0 Å². The van der Waals surface area contributed by atoms with E-state index in [1.54, 1.807) is 7.11 Å². The molecule has 0 fully saturated rings. The van der Waals surface area contributed by atoms with Gasteiger partial charge in [0, 0.05) is 32.8 Å². The predicted molar refractivity (Wildman–Crippen MR) is 69.8 cm³/mol. The Bertz CT molecular complexity index is 378. The van der Waals surface area contributed by atoms with E-state index in [4.69, 9.17) is 4.74 Å². The van der Waals surface area contributed by atoms with Gasteiger partial charge >= 0.3 is 0 Å². The van der Waals surface area contributed by atoms with Crippen LogP contribution in [0, 0.1) is 0 Å². The molecular weight excluding hydrogens is 212 g/mol. The zero-order chi connectivity index (χ0) is 12.3. The first kappa shape index (κ1) is 12.6. The molecule has 1 heterocycles. The van der Waals surface area contributed by atoms with Gasteiger partial charge in [0.1, 0.15) is 0 Å². The van der Waals surface area contributed by atoms with Crippen molar-refractivity contribution in [3.05, 3.63) is 34.9 Å². The van der Waals surface area contributed by atoms with E-state index < -0.39 is 0 Å². The number of nitrogens with one attached hydrogen (secondary N) is 1. The Morgan fingerprint density at radius 3 is 2.88 bits per heavy atom. The standard InChI is InChI=1S/C14H22N2O/c1-11(10-17-3)16(2)9-12-4-5-13-7-15-8-14(13)6-12/h4-6,11,15H,7-10H2,1-3H3. The van der Waals surface area contributed by atoms with Crippen LogP contribution in [-0.2, 0) is 24.4 Å². The van der Waals surface area contributed by atoms with E-state index in [1.807, 2.05) is 0 Å². The predicted octanol–water partition coefficient (Wildman–Crippen LogP) is 1.76. The van der Waals surface area contributed by atoms with Crippen molar-refractivity contribution in [3.63, 3.8) is 0 Å².